The third-order valence-corrected chi connectivity index (χ3v) is 4.11. The molecule has 1 amide bonds. The Labute approximate surface area is 166 Å². The van der Waals surface area contributed by atoms with Crippen LogP contribution in [0.15, 0.2) is 48.5 Å². The summed E-state index contributed by atoms with van der Waals surface area (Å²) >= 11 is 0. The Morgan fingerprint density at radius 2 is 1.48 bits per heavy atom. The largest absolute Gasteiger partial charge is 0.465 e. The fourth-order valence-corrected chi connectivity index (χ4v) is 2.61. The van der Waals surface area contributed by atoms with E-state index in [0.29, 0.717) is 11.1 Å². The number of alkyl halides is 3. The summed E-state index contributed by atoms with van der Waals surface area (Å²) in [6, 6.07) is 10.3. The van der Waals surface area contributed by atoms with E-state index in [-0.39, 0.29) is 31.0 Å². The topological polar surface area (TPSA) is 63.7 Å². The standard InChI is InChI=1S/C21H20F3NO4/c1-3-29-19(27)13-25(12-15-4-10-18(11-5-15)21(22,23)24)20(28)17-8-6-16(7-9-17)14(2)26/h4-11H,3,12-13H2,1-2H3. The monoisotopic (exact) mass is 407 g/mol. The van der Waals surface area contributed by atoms with Crippen LogP contribution in [0.4, 0.5) is 13.2 Å². The first kappa shape index (κ1) is 22.1. The second-order valence-electron chi connectivity index (χ2n) is 6.29. The van der Waals surface area contributed by atoms with Gasteiger partial charge in [-0.1, -0.05) is 24.3 Å². The summed E-state index contributed by atoms with van der Waals surface area (Å²) in [5, 5.41) is 0. The molecule has 0 saturated heterocycles. The number of benzene rings is 2. The zero-order valence-corrected chi connectivity index (χ0v) is 16.0. The third kappa shape index (κ3) is 6.17. The third-order valence-electron chi connectivity index (χ3n) is 4.11. The lowest BCUT2D eigenvalue weighted by Crippen LogP contribution is -2.36. The summed E-state index contributed by atoms with van der Waals surface area (Å²) in [6.07, 6.45) is -4.46. The number of carbonyl (C=O) groups is 3. The minimum atomic E-state index is -4.46. The van der Waals surface area contributed by atoms with Crippen LogP contribution in [-0.2, 0) is 22.3 Å². The van der Waals surface area contributed by atoms with E-state index >= 15 is 0 Å². The second-order valence-corrected chi connectivity index (χ2v) is 6.29. The van der Waals surface area contributed by atoms with E-state index in [1.54, 1.807) is 6.92 Å². The van der Waals surface area contributed by atoms with E-state index in [1.165, 1.54) is 48.2 Å². The molecule has 2 aromatic rings. The zero-order chi connectivity index (χ0) is 21.6. The molecule has 0 heterocycles. The van der Waals surface area contributed by atoms with Gasteiger partial charge in [-0.25, -0.2) is 0 Å². The number of nitrogens with zero attached hydrogens (tertiary/aromatic N) is 1. The van der Waals surface area contributed by atoms with Gasteiger partial charge in [-0.15, -0.1) is 0 Å². The SMILES string of the molecule is CCOC(=O)CN(Cc1ccc(C(F)(F)F)cc1)C(=O)c1ccc(C(C)=O)cc1. The minimum absolute atomic E-state index is 0.0791. The first-order chi connectivity index (χ1) is 13.6. The highest BCUT2D eigenvalue weighted by Gasteiger charge is 2.30. The molecule has 0 N–H and O–H groups in total. The van der Waals surface area contributed by atoms with Crippen LogP contribution in [0.3, 0.4) is 0 Å². The predicted octanol–water partition coefficient (Wildman–Crippen LogP) is 4.11. The molecule has 2 aromatic carbocycles. The van der Waals surface area contributed by atoms with Crippen molar-refractivity contribution >= 4 is 17.7 Å². The minimum Gasteiger partial charge on any atom is -0.465 e. The van der Waals surface area contributed by atoms with Crippen LogP contribution in [0, 0.1) is 0 Å². The fraction of sp³-hybridized carbons (Fsp3) is 0.286. The molecule has 0 fully saturated rings. The second kappa shape index (κ2) is 9.36. The van der Waals surface area contributed by atoms with Gasteiger partial charge in [0, 0.05) is 17.7 Å². The van der Waals surface area contributed by atoms with Gasteiger partial charge in [0.2, 0.25) is 0 Å². The van der Waals surface area contributed by atoms with Crippen LogP contribution in [0.2, 0.25) is 0 Å². The predicted molar refractivity (Wildman–Crippen MR) is 99.3 cm³/mol. The Kier molecular flexibility index (Phi) is 7.14. The number of ether oxygens (including phenoxy) is 1. The van der Waals surface area contributed by atoms with E-state index in [9.17, 15) is 27.6 Å². The molecular weight excluding hydrogens is 387 g/mol. The molecule has 0 unspecified atom stereocenters. The quantitative estimate of drug-likeness (QED) is 0.512. The zero-order valence-electron chi connectivity index (χ0n) is 16.0. The molecule has 8 heteroatoms. The van der Waals surface area contributed by atoms with Crippen molar-refractivity contribution in [2.24, 2.45) is 0 Å². The lowest BCUT2D eigenvalue weighted by molar-refractivity contribution is -0.144. The van der Waals surface area contributed by atoms with Crippen molar-refractivity contribution in [1.82, 2.24) is 4.90 Å². The normalized spacial score (nSPS) is 11.1. The lowest BCUT2D eigenvalue weighted by atomic mass is 10.1. The van der Waals surface area contributed by atoms with Crippen LogP contribution in [0.1, 0.15) is 45.7 Å². The van der Waals surface area contributed by atoms with E-state index in [4.69, 9.17) is 4.74 Å². The molecule has 29 heavy (non-hydrogen) atoms. The summed E-state index contributed by atoms with van der Waals surface area (Å²) in [6.45, 7) is 2.72. The first-order valence-electron chi connectivity index (χ1n) is 8.84. The van der Waals surface area contributed by atoms with Gasteiger partial charge in [-0.05, 0) is 43.7 Å². The summed E-state index contributed by atoms with van der Waals surface area (Å²) in [7, 11) is 0. The maximum Gasteiger partial charge on any atom is 0.416 e. The molecule has 0 bridgehead atoms. The van der Waals surface area contributed by atoms with Gasteiger partial charge in [0.25, 0.3) is 5.91 Å². The summed E-state index contributed by atoms with van der Waals surface area (Å²) in [5.74, 6) is -1.29. The van der Waals surface area contributed by atoms with Crippen molar-refractivity contribution in [2.45, 2.75) is 26.6 Å². The first-order valence-corrected chi connectivity index (χ1v) is 8.84. The lowest BCUT2D eigenvalue weighted by Gasteiger charge is -2.22. The van der Waals surface area contributed by atoms with Gasteiger partial charge in [-0.3, -0.25) is 14.4 Å². The highest BCUT2D eigenvalue weighted by Crippen LogP contribution is 2.29. The van der Waals surface area contributed by atoms with Gasteiger partial charge in [0.15, 0.2) is 5.78 Å². The number of esters is 1. The maximum absolute atomic E-state index is 12.8. The molecule has 0 radical (unpaired) electrons. The molecule has 0 aliphatic heterocycles. The number of hydrogen-bond acceptors (Lipinski definition) is 4. The van der Waals surface area contributed by atoms with Crippen LogP contribution < -0.4 is 0 Å². The van der Waals surface area contributed by atoms with Crippen molar-refractivity contribution < 1.29 is 32.3 Å². The molecule has 0 saturated carbocycles. The highest BCUT2D eigenvalue weighted by molar-refractivity contribution is 5.98. The molecule has 0 spiro atoms. The molecular formula is C21H20F3NO4. The van der Waals surface area contributed by atoms with Crippen molar-refractivity contribution in [3.8, 4) is 0 Å². The fourth-order valence-electron chi connectivity index (χ4n) is 2.61. The average molecular weight is 407 g/mol. The van der Waals surface area contributed by atoms with E-state index < -0.39 is 23.6 Å². The molecule has 0 aromatic heterocycles. The Bertz CT molecular complexity index is 874. The molecule has 0 aliphatic rings. The number of Topliss-reactive ketones (excluding diaryl/α,β-unsaturated/α-hetero) is 1. The van der Waals surface area contributed by atoms with Gasteiger partial charge >= 0.3 is 12.1 Å². The maximum atomic E-state index is 12.8. The number of halogens is 3. The molecule has 0 aliphatic carbocycles. The van der Waals surface area contributed by atoms with E-state index in [2.05, 4.69) is 0 Å². The Morgan fingerprint density at radius 3 is 1.97 bits per heavy atom. The van der Waals surface area contributed by atoms with Crippen molar-refractivity contribution in [3.63, 3.8) is 0 Å². The van der Waals surface area contributed by atoms with Crippen LogP contribution in [0.25, 0.3) is 0 Å². The summed E-state index contributed by atoms with van der Waals surface area (Å²) in [4.78, 5) is 37.3. The van der Waals surface area contributed by atoms with Crippen LogP contribution in [-0.4, -0.2) is 35.7 Å². The van der Waals surface area contributed by atoms with E-state index in [1.807, 2.05) is 0 Å². The van der Waals surface area contributed by atoms with Crippen molar-refractivity contribution in [1.29, 1.82) is 0 Å². The number of carbonyl (C=O) groups excluding carboxylic acids is 3. The smallest absolute Gasteiger partial charge is 0.416 e. The highest BCUT2D eigenvalue weighted by atomic mass is 19.4. The van der Waals surface area contributed by atoms with Crippen LogP contribution >= 0.6 is 0 Å². The molecule has 0 atom stereocenters. The molecule has 2 rings (SSSR count). The summed E-state index contributed by atoms with van der Waals surface area (Å²) < 4.78 is 43.1. The number of hydrogen-bond donors (Lipinski definition) is 0. The van der Waals surface area contributed by atoms with Gasteiger partial charge in [0.1, 0.15) is 6.54 Å². The number of rotatable bonds is 7. The Morgan fingerprint density at radius 1 is 0.931 bits per heavy atom. The van der Waals surface area contributed by atoms with Crippen molar-refractivity contribution in [2.75, 3.05) is 13.2 Å². The summed E-state index contributed by atoms with van der Waals surface area (Å²) in [5.41, 5.74) is 0.299. The van der Waals surface area contributed by atoms with Gasteiger partial charge in [-0.2, -0.15) is 13.2 Å². The molecule has 154 valence electrons. The number of ketones is 1. The Balaban J connectivity index is 2.25. The van der Waals surface area contributed by atoms with E-state index in [0.717, 1.165) is 12.1 Å². The van der Waals surface area contributed by atoms with Crippen molar-refractivity contribution in [3.05, 3.63) is 70.8 Å². The Hall–Kier alpha value is -3.16. The van der Waals surface area contributed by atoms with Gasteiger partial charge in [0.05, 0.1) is 12.2 Å². The van der Waals surface area contributed by atoms with Gasteiger partial charge < -0.3 is 9.64 Å². The number of amides is 1. The average Bonchev–Trinajstić information content (AvgIpc) is 2.67. The van der Waals surface area contributed by atoms with Crippen LogP contribution in [0.5, 0.6) is 0 Å². The molecule has 5 nitrogen and oxygen atoms in total.